The van der Waals surface area contributed by atoms with Gasteiger partial charge < -0.3 is 15.3 Å². The number of benzene rings is 1. The van der Waals surface area contributed by atoms with Crippen molar-refractivity contribution in [2.75, 3.05) is 10.8 Å². The van der Waals surface area contributed by atoms with Gasteiger partial charge in [-0.3, -0.25) is 0 Å². The highest BCUT2D eigenvalue weighted by atomic mass is 32.2. The predicted molar refractivity (Wildman–Crippen MR) is 122 cm³/mol. The molecule has 14 heteroatoms. The number of nitrogens with zero attached hydrogens (tertiary/aromatic N) is 7. The molecule has 11 nitrogen and oxygen atoms in total. The number of hydrogen-bond donors (Lipinski definition) is 3. The highest BCUT2D eigenvalue weighted by Gasteiger charge is 2.47. The molecule has 0 bridgehead atoms. The number of fused-ring (bicyclic) bond motifs is 1. The summed E-state index contributed by atoms with van der Waals surface area (Å²) in [6.07, 6.45) is -2.43. The minimum absolute atomic E-state index is 0.0358. The molecule has 2 fully saturated rings. The number of anilines is 1. The van der Waals surface area contributed by atoms with Crippen LogP contribution in [0.5, 0.6) is 0 Å². The second-order valence-electron chi connectivity index (χ2n) is 8.75. The minimum Gasteiger partial charge on any atom is -0.390 e. The lowest BCUT2D eigenvalue weighted by Crippen LogP contribution is -2.31. The summed E-state index contributed by atoms with van der Waals surface area (Å²) in [6.45, 7) is 1.99. The van der Waals surface area contributed by atoms with Crippen molar-refractivity contribution in [1.29, 1.82) is 0 Å². The molecule has 2 aromatic heterocycles. The van der Waals surface area contributed by atoms with Gasteiger partial charge in [0.05, 0.1) is 23.5 Å². The van der Waals surface area contributed by atoms with E-state index in [1.54, 1.807) is 0 Å². The molecule has 2 unspecified atom stereocenters. The topological polar surface area (TPSA) is 150 Å². The third-order valence-electron chi connectivity index (χ3n) is 6.40. The average molecular weight is 508 g/mol. The molecule has 2 heterocycles. The van der Waals surface area contributed by atoms with E-state index in [1.807, 2.05) is 6.92 Å². The van der Waals surface area contributed by atoms with Crippen LogP contribution in [-0.4, -0.2) is 70.4 Å². The third kappa shape index (κ3) is 4.24. The smallest absolute Gasteiger partial charge is 0.191 e. The number of aromatic nitrogens is 5. The van der Waals surface area contributed by atoms with Gasteiger partial charge in [0.2, 0.25) is 0 Å². The summed E-state index contributed by atoms with van der Waals surface area (Å²) in [6, 6.07) is 2.38. The van der Waals surface area contributed by atoms with Crippen LogP contribution >= 0.6 is 11.8 Å². The Kier molecular flexibility index (Phi) is 6.38. The molecule has 0 saturated heterocycles. The van der Waals surface area contributed by atoms with Crippen LogP contribution in [-0.2, 0) is 0 Å². The lowest BCUT2D eigenvalue weighted by Gasteiger charge is -2.18. The number of hydrogen-bond acceptors (Lipinski definition) is 10. The van der Waals surface area contributed by atoms with Crippen LogP contribution in [0.3, 0.4) is 0 Å². The van der Waals surface area contributed by atoms with Gasteiger partial charge in [-0.25, -0.2) is 28.4 Å². The van der Waals surface area contributed by atoms with E-state index in [4.69, 9.17) is 0 Å². The van der Waals surface area contributed by atoms with Crippen molar-refractivity contribution in [2.24, 2.45) is 5.29 Å². The second kappa shape index (κ2) is 9.33. The second-order valence-corrected chi connectivity index (χ2v) is 9.81. The van der Waals surface area contributed by atoms with E-state index in [9.17, 15) is 29.0 Å². The third-order valence-corrected chi connectivity index (χ3v) is 7.46. The Morgan fingerprint density at radius 2 is 1.97 bits per heavy atom. The number of thioether (sulfide) groups is 1. The normalized spacial score (nSPS) is 27.9. The van der Waals surface area contributed by atoms with E-state index < -0.39 is 42.0 Å². The van der Waals surface area contributed by atoms with Crippen LogP contribution in [0.25, 0.3) is 11.2 Å². The molecular weight excluding hydrogens is 484 g/mol. The van der Waals surface area contributed by atoms with E-state index in [-0.39, 0.29) is 29.3 Å². The van der Waals surface area contributed by atoms with Crippen molar-refractivity contribution in [1.82, 2.24) is 25.0 Å². The first-order chi connectivity index (χ1) is 16.8. The molecule has 0 radical (unpaired) electrons. The number of aliphatic hydroxyl groups excluding tert-OH is 3. The van der Waals surface area contributed by atoms with Gasteiger partial charge in [0.15, 0.2) is 33.8 Å². The highest BCUT2D eigenvalue weighted by molar-refractivity contribution is 7.99. The number of halogens is 2. The summed E-state index contributed by atoms with van der Waals surface area (Å²) in [5.41, 5.74) is 0.913. The van der Waals surface area contributed by atoms with Crippen molar-refractivity contribution < 1.29 is 24.1 Å². The summed E-state index contributed by atoms with van der Waals surface area (Å²) in [4.78, 5) is 21.0. The Morgan fingerprint density at radius 3 is 2.63 bits per heavy atom. The quantitative estimate of drug-likeness (QED) is 0.179. The van der Waals surface area contributed by atoms with Gasteiger partial charge in [-0.15, -0.1) is 10.0 Å². The fraction of sp³-hybridized carbons (Fsp3) is 0.524. The van der Waals surface area contributed by atoms with E-state index >= 15 is 0 Å². The lowest BCUT2D eigenvalue weighted by molar-refractivity contribution is -0.0253. The van der Waals surface area contributed by atoms with Crippen LogP contribution in [0.4, 0.5) is 14.6 Å². The van der Waals surface area contributed by atoms with E-state index in [0.29, 0.717) is 22.9 Å². The summed E-state index contributed by atoms with van der Waals surface area (Å²) >= 11 is 1.35. The maximum atomic E-state index is 13.7. The molecule has 0 spiro atoms. The van der Waals surface area contributed by atoms with Crippen LogP contribution < -0.4 is 5.01 Å². The van der Waals surface area contributed by atoms with Crippen molar-refractivity contribution in [3.63, 3.8) is 0 Å². The molecule has 3 aromatic rings. The average Bonchev–Trinajstić information content (AvgIpc) is 3.45. The van der Waals surface area contributed by atoms with Crippen molar-refractivity contribution in [2.45, 2.75) is 67.7 Å². The molecule has 186 valence electrons. The van der Waals surface area contributed by atoms with E-state index in [0.717, 1.165) is 23.6 Å². The maximum Gasteiger partial charge on any atom is 0.191 e. The summed E-state index contributed by atoms with van der Waals surface area (Å²) in [7, 11) is 0. The van der Waals surface area contributed by atoms with E-state index in [2.05, 4.69) is 25.6 Å². The van der Waals surface area contributed by atoms with Crippen molar-refractivity contribution in [3.05, 3.63) is 40.3 Å². The Hall–Kier alpha value is -2.81. The number of nitroso groups, excluding NO2 is 1. The number of rotatable bonds is 8. The fourth-order valence-corrected chi connectivity index (χ4v) is 5.16. The predicted octanol–water partition coefficient (Wildman–Crippen LogP) is 2.07. The standard InChI is InChI=1S/C21H23F2N7O4S/c1-2-5-35-21-24-19-16(26-27-29(19)14-8-15(31)18(33)17(14)32)20(25-21)30(28-34)13-7-10(13)9-3-4-11(22)12(23)6-9/h3-4,6,10,13-15,17-18,31-33H,2,5,7-8H2,1H3/t10?,13?,14-,15-,17+,18+/m1/s1. The molecule has 5 rings (SSSR count). The van der Waals surface area contributed by atoms with Gasteiger partial charge >= 0.3 is 0 Å². The van der Waals surface area contributed by atoms with Crippen LogP contribution in [0.2, 0.25) is 0 Å². The van der Waals surface area contributed by atoms with Crippen LogP contribution in [0.1, 0.15) is 43.7 Å². The Bertz CT molecular complexity index is 1260. The molecule has 0 aliphatic heterocycles. The van der Waals surface area contributed by atoms with E-state index in [1.165, 1.54) is 22.5 Å². The van der Waals surface area contributed by atoms with Crippen molar-refractivity contribution >= 4 is 28.7 Å². The molecular formula is C21H23F2N7O4S. The minimum atomic E-state index is -1.34. The largest absolute Gasteiger partial charge is 0.390 e. The van der Waals surface area contributed by atoms with Gasteiger partial charge in [0.1, 0.15) is 12.2 Å². The molecule has 2 saturated carbocycles. The molecule has 6 atom stereocenters. The lowest BCUT2D eigenvalue weighted by atomic mass is 10.1. The molecule has 2 aliphatic rings. The first-order valence-electron chi connectivity index (χ1n) is 11.2. The molecule has 0 amide bonds. The van der Waals surface area contributed by atoms with Gasteiger partial charge in [-0.1, -0.05) is 30.0 Å². The number of aliphatic hydroxyl groups is 3. The SMILES string of the molecule is CCCSc1nc(N(N=O)C2CC2c2ccc(F)c(F)c2)c2nnn([C@@H]3C[C@@H](O)[C@H](O)[C@H]3O)c2n1. The zero-order chi connectivity index (χ0) is 24.9. The van der Waals surface area contributed by atoms with Gasteiger partial charge in [0, 0.05) is 18.1 Å². The van der Waals surface area contributed by atoms with Gasteiger partial charge in [-0.2, -0.15) is 0 Å². The summed E-state index contributed by atoms with van der Waals surface area (Å²) in [5.74, 6) is -1.38. The van der Waals surface area contributed by atoms with Crippen molar-refractivity contribution in [3.8, 4) is 0 Å². The first-order valence-corrected chi connectivity index (χ1v) is 12.2. The monoisotopic (exact) mass is 507 g/mol. The summed E-state index contributed by atoms with van der Waals surface area (Å²) in [5, 5.41) is 43.3. The molecule has 3 N–H and O–H groups in total. The zero-order valence-electron chi connectivity index (χ0n) is 18.6. The zero-order valence-corrected chi connectivity index (χ0v) is 19.4. The summed E-state index contributed by atoms with van der Waals surface area (Å²) < 4.78 is 28.4. The van der Waals surface area contributed by atoms with Gasteiger partial charge in [0.25, 0.3) is 0 Å². The first kappa shape index (κ1) is 23.9. The van der Waals surface area contributed by atoms with Gasteiger partial charge in [-0.05, 0) is 30.5 Å². The maximum absolute atomic E-state index is 13.7. The Morgan fingerprint density at radius 1 is 1.17 bits per heavy atom. The molecule has 1 aromatic carbocycles. The van der Waals surface area contributed by atoms with Crippen LogP contribution in [0, 0.1) is 16.5 Å². The van der Waals surface area contributed by atoms with Crippen LogP contribution in [0.15, 0.2) is 28.6 Å². The highest BCUT2D eigenvalue weighted by Crippen LogP contribution is 2.47. The Balaban J connectivity index is 1.54. The fourth-order valence-electron chi connectivity index (χ4n) is 4.47. The molecule has 2 aliphatic carbocycles. The molecule has 35 heavy (non-hydrogen) atoms. The Labute approximate surface area is 202 Å².